The third kappa shape index (κ3) is 0.964. The molecular formula is C6H6NO. The average Bonchev–Trinajstić information content (AvgIpc) is 2.19. The van der Waals surface area contributed by atoms with Crippen molar-refractivity contribution in [3.8, 4) is 0 Å². The van der Waals surface area contributed by atoms with Crippen LogP contribution in [-0.4, -0.2) is 4.98 Å². The van der Waals surface area contributed by atoms with Crippen LogP contribution in [0.1, 0.15) is 5.69 Å². The minimum Gasteiger partial charge on any atom is -0.441 e. The molecule has 0 fully saturated rings. The first-order valence-corrected chi connectivity index (χ1v) is 2.35. The Labute approximate surface area is 47.9 Å². The van der Waals surface area contributed by atoms with E-state index in [9.17, 15) is 0 Å². The van der Waals surface area contributed by atoms with Gasteiger partial charge in [-0.2, -0.15) is 0 Å². The predicted molar refractivity (Wildman–Crippen MR) is 29.2 cm³/mol. The SMILES string of the molecule is C=CCc1co[c]n1. The number of allylic oxidation sites excluding steroid dienone is 1. The van der Waals surface area contributed by atoms with Crippen molar-refractivity contribution in [3.63, 3.8) is 0 Å². The molecule has 0 aliphatic rings. The van der Waals surface area contributed by atoms with Gasteiger partial charge in [0.1, 0.15) is 6.26 Å². The van der Waals surface area contributed by atoms with E-state index in [0.717, 1.165) is 12.1 Å². The molecule has 8 heavy (non-hydrogen) atoms. The molecule has 41 valence electrons. The summed E-state index contributed by atoms with van der Waals surface area (Å²) < 4.78 is 4.58. The van der Waals surface area contributed by atoms with Crippen LogP contribution in [0.15, 0.2) is 23.3 Å². The lowest BCUT2D eigenvalue weighted by atomic mass is 10.3. The molecule has 0 amide bonds. The number of rotatable bonds is 2. The zero-order chi connectivity index (χ0) is 5.82. The molecule has 0 saturated carbocycles. The second-order valence-corrected chi connectivity index (χ2v) is 1.42. The summed E-state index contributed by atoms with van der Waals surface area (Å²) in [5.74, 6) is 0. The van der Waals surface area contributed by atoms with Crippen molar-refractivity contribution in [3.05, 3.63) is 31.0 Å². The summed E-state index contributed by atoms with van der Waals surface area (Å²) in [5.41, 5.74) is 0.875. The molecule has 1 aromatic rings. The van der Waals surface area contributed by atoms with Gasteiger partial charge in [-0.15, -0.1) is 6.58 Å². The smallest absolute Gasteiger partial charge is 0.283 e. The van der Waals surface area contributed by atoms with E-state index >= 15 is 0 Å². The normalized spacial score (nSPS) is 9.00. The molecule has 1 radical (unpaired) electrons. The van der Waals surface area contributed by atoms with Gasteiger partial charge in [-0.1, -0.05) is 6.08 Å². The van der Waals surface area contributed by atoms with E-state index in [2.05, 4.69) is 22.4 Å². The van der Waals surface area contributed by atoms with Gasteiger partial charge in [-0.3, -0.25) is 0 Å². The van der Waals surface area contributed by atoms with Crippen LogP contribution < -0.4 is 0 Å². The molecule has 0 aliphatic carbocycles. The molecule has 0 aliphatic heterocycles. The lowest BCUT2D eigenvalue weighted by Gasteiger charge is -1.77. The van der Waals surface area contributed by atoms with Crippen molar-refractivity contribution >= 4 is 0 Å². The number of oxazole rings is 1. The molecule has 0 aromatic carbocycles. The highest BCUT2D eigenvalue weighted by atomic mass is 16.3. The lowest BCUT2D eigenvalue weighted by Crippen LogP contribution is -1.75. The summed E-state index contributed by atoms with van der Waals surface area (Å²) in [7, 11) is 0. The van der Waals surface area contributed by atoms with Gasteiger partial charge in [0.25, 0.3) is 6.39 Å². The molecule has 0 N–H and O–H groups in total. The zero-order valence-electron chi connectivity index (χ0n) is 4.42. The van der Waals surface area contributed by atoms with Crippen LogP contribution in [-0.2, 0) is 6.42 Å². The van der Waals surface area contributed by atoms with E-state index in [0.29, 0.717) is 0 Å². The Morgan fingerprint density at radius 3 is 3.38 bits per heavy atom. The largest absolute Gasteiger partial charge is 0.441 e. The third-order valence-electron chi connectivity index (χ3n) is 0.790. The van der Waals surface area contributed by atoms with E-state index in [1.807, 2.05) is 0 Å². The molecule has 2 heteroatoms. The molecule has 0 atom stereocenters. The van der Waals surface area contributed by atoms with Crippen LogP contribution in [0, 0.1) is 6.39 Å². The van der Waals surface area contributed by atoms with E-state index in [-0.39, 0.29) is 0 Å². The molecule has 0 spiro atoms. The van der Waals surface area contributed by atoms with Gasteiger partial charge in [-0.05, 0) is 0 Å². The second kappa shape index (κ2) is 2.31. The average molecular weight is 108 g/mol. The molecule has 0 unspecified atom stereocenters. The Bertz CT molecular complexity index is 155. The second-order valence-electron chi connectivity index (χ2n) is 1.42. The fourth-order valence-corrected chi connectivity index (χ4v) is 0.447. The standard InChI is InChI=1S/C6H6NO/c1-2-3-6-4-8-5-7-6/h2,4H,1,3H2. The van der Waals surface area contributed by atoms with Gasteiger partial charge < -0.3 is 4.42 Å². The molecule has 1 aromatic heterocycles. The van der Waals surface area contributed by atoms with Crippen LogP contribution in [0.5, 0.6) is 0 Å². The van der Waals surface area contributed by atoms with E-state index in [1.165, 1.54) is 0 Å². The van der Waals surface area contributed by atoms with E-state index in [1.54, 1.807) is 12.3 Å². The zero-order valence-corrected chi connectivity index (χ0v) is 4.42. The first kappa shape index (κ1) is 5.09. The Hall–Kier alpha value is -1.05. The fourth-order valence-electron chi connectivity index (χ4n) is 0.447. The molecule has 2 nitrogen and oxygen atoms in total. The summed E-state index contributed by atoms with van der Waals surface area (Å²) in [6, 6.07) is 0. The van der Waals surface area contributed by atoms with Crippen molar-refractivity contribution in [1.82, 2.24) is 4.98 Å². The lowest BCUT2D eigenvalue weighted by molar-refractivity contribution is 0.547. The van der Waals surface area contributed by atoms with Gasteiger partial charge in [0.15, 0.2) is 0 Å². The topological polar surface area (TPSA) is 26.0 Å². The van der Waals surface area contributed by atoms with Gasteiger partial charge in [-0.25, -0.2) is 4.98 Å². The third-order valence-corrected chi connectivity index (χ3v) is 0.790. The van der Waals surface area contributed by atoms with Crippen LogP contribution in [0.3, 0.4) is 0 Å². The summed E-state index contributed by atoms with van der Waals surface area (Å²) in [4.78, 5) is 3.74. The molecule has 1 rings (SSSR count). The Kier molecular flexibility index (Phi) is 1.47. The number of aromatic nitrogens is 1. The van der Waals surface area contributed by atoms with Crippen LogP contribution in [0.25, 0.3) is 0 Å². The summed E-state index contributed by atoms with van der Waals surface area (Å²) >= 11 is 0. The Morgan fingerprint density at radius 2 is 2.88 bits per heavy atom. The van der Waals surface area contributed by atoms with Gasteiger partial charge in [0.2, 0.25) is 0 Å². The Morgan fingerprint density at radius 1 is 2.00 bits per heavy atom. The molecule has 1 heterocycles. The maximum atomic E-state index is 4.58. The predicted octanol–water partition coefficient (Wildman–Crippen LogP) is 1.20. The summed E-state index contributed by atoms with van der Waals surface area (Å²) in [6.07, 6.45) is 6.43. The molecule has 0 saturated heterocycles. The van der Waals surface area contributed by atoms with Crippen molar-refractivity contribution in [2.24, 2.45) is 0 Å². The minimum atomic E-state index is 0.757. The van der Waals surface area contributed by atoms with E-state index < -0.39 is 0 Å². The van der Waals surface area contributed by atoms with Crippen molar-refractivity contribution in [2.75, 3.05) is 0 Å². The molecule has 0 bridgehead atoms. The number of hydrogen-bond donors (Lipinski definition) is 0. The highest BCUT2D eigenvalue weighted by molar-refractivity contribution is 4.96. The van der Waals surface area contributed by atoms with Gasteiger partial charge in [0, 0.05) is 6.42 Å². The van der Waals surface area contributed by atoms with Crippen molar-refractivity contribution in [2.45, 2.75) is 6.42 Å². The monoisotopic (exact) mass is 108 g/mol. The summed E-state index contributed by atoms with van der Waals surface area (Å²) in [5, 5.41) is 0. The van der Waals surface area contributed by atoms with Crippen molar-refractivity contribution < 1.29 is 4.42 Å². The van der Waals surface area contributed by atoms with Crippen LogP contribution >= 0.6 is 0 Å². The number of nitrogens with zero attached hydrogens (tertiary/aromatic N) is 1. The first-order chi connectivity index (χ1) is 3.93. The van der Waals surface area contributed by atoms with Crippen LogP contribution in [0.2, 0.25) is 0 Å². The Balaban J connectivity index is 2.62. The van der Waals surface area contributed by atoms with Crippen LogP contribution in [0.4, 0.5) is 0 Å². The van der Waals surface area contributed by atoms with Gasteiger partial charge in [0.05, 0.1) is 5.69 Å². The van der Waals surface area contributed by atoms with Gasteiger partial charge >= 0.3 is 0 Å². The highest BCUT2D eigenvalue weighted by Crippen LogP contribution is 1.93. The minimum absolute atomic E-state index is 0.757. The fraction of sp³-hybridized carbons (Fsp3) is 0.167. The number of hydrogen-bond acceptors (Lipinski definition) is 2. The van der Waals surface area contributed by atoms with E-state index in [4.69, 9.17) is 0 Å². The maximum Gasteiger partial charge on any atom is 0.283 e. The maximum absolute atomic E-state index is 4.58. The van der Waals surface area contributed by atoms with Crippen molar-refractivity contribution in [1.29, 1.82) is 0 Å². The first-order valence-electron chi connectivity index (χ1n) is 2.35. The summed E-state index contributed by atoms with van der Waals surface area (Å²) in [6.45, 7) is 3.54. The molecular weight excluding hydrogens is 102 g/mol. The quantitative estimate of drug-likeness (QED) is 0.532. The highest BCUT2D eigenvalue weighted by Gasteiger charge is 1.88.